The smallest absolute Gasteiger partial charge is 0.326 e. The SMILES string of the molecule is CC(C)(C)NC(=O)NC(=O)COC(=O)CN1C(=O)CCOc2ccccc21. The molecule has 1 heterocycles. The highest BCUT2D eigenvalue weighted by molar-refractivity contribution is 6.00. The standard InChI is InChI=1S/C18H23N3O6/c1-18(2,3)20-17(25)19-14(22)11-27-16(24)10-21-12-6-4-5-7-13(12)26-9-8-15(21)23/h4-7H,8-11H2,1-3H3,(H2,19,20,22,25). The summed E-state index contributed by atoms with van der Waals surface area (Å²) in [5, 5.41) is 4.61. The van der Waals surface area contributed by atoms with Crippen molar-refractivity contribution in [3.8, 4) is 5.75 Å². The molecule has 2 rings (SSSR count). The third kappa shape index (κ3) is 6.28. The van der Waals surface area contributed by atoms with Crippen LogP contribution in [-0.2, 0) is 19.1 Å². The molecule has 2 N–H and O–H groups in total. The van der Waals surface area contributed by atoms with Gasteiger partial charge < -0.3 is 14.8 Å². The van der Waals surface area contributed by atoms with Crippen LogP contribution in [0.2, 0.25) is 0 Å². The summed E-state index contributed by atoms with van der Waals surface area (Å²) in [6.07, 6.45) is 0.120. The molecule has 0 unspecified atom stereocenters. The van der Waals surface area contributed by atoms with Gasteiger partial charge in [0.25, 0.3) is 5.91 Å². The molecule has 0 spiro atoms. The van der Waals surface area contributed by atoms with Crippen molar-refractivity contribution in [3.05, 3.63) is 24.3 Å². The highest BCUT2D eigenvalue weighted by Gasteiger charge is 2.26. The molecule has 4 amide bonds. The second kappa shape index (κ2) is 8.52. The van der Waals surface area contributed by atoms with Gasteiger partial charge in [0, 0.05) is 5.54 Å². The van der Waals surface area contributed by atoms with E-state index in [1.165, 1.54) is 4.90 Å². The minimum absolute atomic E-state index is 0.120. The van der Waals surface area contributed by atoms with Gasteiger partial charge in [-0.2, -0.15) is 0 Å². The van der Waals surface area contributed by atoms with E-state index in [9.17, 15) is 19.2 Å². The summed E-state index contributed by atoms with van der Waals surface area (Å²) in [6.45, 7) is 4.51. The normalized spacial score (nSPS) is 13.7. The Kier molecular flexibility index (Phi) is 6.38. The van der Waals surface area contributed by atoms with Crippen LogP contribution in [0.25, 0.3) is 0 Å². The van der Waals surface area contributed by atoms with E-state index in [1.807, 2.05) is 0 Å². The summed E-state index contributed by atoms with van der Waals surface area (Å²) in [5.74, 6) is -1.33. The number of urea groups is 1. The molecular formula is C18H23N3O6. The Morgan fingerprint density at radius 2 is 1.93 bits per heavy atom. The molecule has 1 aromatic rings. The Balaban J connectivity index is 1.89. The molecule has 146 valence electrons. The number of esters is 1. The number of para-hydroxylation sites is 2. The van der Waals surface area contributed by atoms with Gasteiger partial charge in [0.1, 0.15) is 12.3 Å². The van der Waals surface area contributed by atoms with Gasteiger partial charge in [-0.15, -0.1) is 0 Å². The predicted molar refractivity (Wildman–Crippen MR) is 96.3 cm³/mol. The van der Waals surface area contributed by atoms with Crippen molar-refractivity contribution >= 4 is 29.5 Å². The minimum atomic E-state index is -0.772. The van der Waals surface area contributed by atoms with Crippen LogP contribution >= 0.6 is 0 Å². The number of fused-ring (bicyclic) bond motifs is 1. The molecule has 0 aromatic heterocycles. The topological polar surface area (TPSA) is 114 Å². The summed E-state index contributed by atoms with van der Waals surface area (Å²) in [5.41, 5.74) is -0.0464. The van der Waals surface area contributed by atoms with Crippen LogP contribution in [0.4, 0.5) is 10.5 Å². The lowest BCUT2D eigenvalue weighted by atomic mass is 10.1. The summed E-state index contributed by atoms with van der Waals surface area (Å²) in [6, 6.07) is 6.17. The minimum Gasteiger partial charge on any atom is -0.491 e. The van der Waals surface area contributed by atoms with Crippen molar-refractivity contribution in [2.75, 3.05) is 24.7 Å². The first-order valence-corrected chi connectivity index (χ1v) is 8.45. The zero-order valence-corrected chi connectivity index (χ0v) is 15.5. The van der Waals surface area contributed by atoms with Crippen LogP contribution in [0.5, 0.6) is 5.75 Å². The number of hydrogen-bond donors (Lipinski definition) is 2. The number of rotatable bonds is 4. The highest BCUT2D eigenvalue weighted by atomic mass is 16.5. The maximum Gasteiger partial charge on any atom is 0.326 e. The number of carbonyl (C=O) groups excluding carboxylic acids is 4. The van der Waals surface area contributed by atoms with Crippen LogP contribution in [0.1, 0.15) is 27.2 Å². The molecule has 0 bridgehead atoms. The molecule has 1 aliphatic heterocycles. The fourth-order valence-electron chi connectivity index (χ4n) is 2.35. The molecule has 0 aliphatic carbocycles. The van der Waals surface area contributed by atoms with E-state index < -0.39 is 30.1 Å². The molecule has 1 aromatic carbocycles. The summed E-state index contributed by atoms with van der Waals surface area (Å²) in [4.78, 5) is 48.9. The monoisotopic (exact) mass is 377 g/mol. The van der Waals surface area contributed by atoms with Crippen molar-refractivity contribution in [2.45, 2.75) is 32.7 Å². The van der Waals surface area contributed by atoms with E-state index in [2.05, 4.69) is 10.6 Å². The molecule has 0 saturated heterocycles. The first-order valence-electron chi connectivity index (χ1n) is 8.45. The molecular weight excluding hydrogens is 354 g/mol. The number of carbonyl (C=O) groups is 4. The number of anilines is 1. The number of hydrogen-bond acceptors (Lipinski definition) is 6. The Hall–Kier alpha value is -3.10. The number of imide groups is 1. The van der Waals surface area contributed by atoms with Gasteiger partial charge in [0.15, 0.2) is 6.61 Å². The molecule has 0 fully saturated rings. The quantitative estimate of drug-likeness (QED) is 0.756. The maximum atomic E-state index is 12.2. The highest BCUT2D eigenvalue weighted by Crippen LogP contribution is 2.30. The third-order valence-electron chi connectivity index (χ3n) is 3.42. The number of benzene rings is 1. The fraction of sp³-hybridized carbons (Fsp3) is 0.444. The predicted octanol–water partition coefficient (Wildman–Crippen LogP) is 0.970. The van der Waals surface area contributed by atoms with E-state index in [-0.39, 0.29) is 25.5 Å². The second-order valence-electron chi connectivity index (χ2n) is 6.96. The van der Waals surface area contributed by atoms with Gasteiger partial charge in [-0.05, 0) is 32.9 Å². The van der Waals surface area contributed by atoms with Crippen molar-refractivity contribution in [1.29, 1.82) is 0 Å². The molecule has 9 heteroatoms. The van der Waals surface area contributed by atoms with Gasteiger partial charge in [0.2, 0.25) is 5.91 Å². The molecule has 0 radical (unpaired) electrons. The first-order chi connectivity index (χ1) is 12.7. The van der Waals surface area contributed by atoms with Crippen molar-refractivity contribution in [2.24, 2.45) is 0 Å². The number of amides is 4. The Morgan fingerprint density at radius 1 is 1.22 bits per heavy atom. The number of nitrogens with zero attached hydrogens (tertiary/aromatic N) is 1. The van der Waals surface area contributed by atoms with E-state index in [1.54, 1.807) is 45.0 Å². The fourth-order valence-corrected chi connectivity index (χ4v) is 2.35. The average molecular weight is 377 g/mol. The van der Waals surface area contributed by atoms with Gasteiger partial charge in [0.05, 0.1) is 18.7 Å². The average Bonchev–Trinajstić information content (AvgIpc) is 2.71. The van der Waals surface area contributed by atoms with Crippen LogP contribution < -0.4 is 20.3 Å². The van der Waals surface area contributed by atoms with Gasteiger partial charge in [-0.3, -0.25) is 24.6 Å². The summed E-state index contributed by atoms with van der Waals surface area (Å²) >= 11 is 0. The van der Waals surface area contributed by atoms with Crippen molar-refractivity contribution in [3.63, 3.8) is 0 Å². The number of ether oxygens (including phenoxy) is 2. The molecule has 9 nitrogen and oxygen atoms in total. The zero-order chi connectivity index (χ0) is 20.0. The molecule has 27 heavy (non-hydrogen) atoms. The Labute approximate surface area is 157 Å². The lowest BCUT2D eigenvalue weighted by Crippen LogP contribution is -2.49. The summed E-state index contributed by atoms with van der Waals surface area (Å²) < 4.78 is 10.4. The van der Waals surface area contributed by atoms with Gasteiger partial charge in [-0.1, -0.05) is 12.1 Å². The maximum absolute atomic E-state index is 12.2. The van der Waals surface area contributed by atoms with Crippen LogP contribution in [0.15, 0.2) is 24.3 Å². The molecule has 1 aliphatic rings. The zero-order valence-electron chi connectivity index (χ0n) is 15.5. The lowest BCUT2D eigenvalue weighted by molar-refractivity contribution is -0.147. The molecule has 0 atom stereocenters. The Bertz CT molecular complexity index is 741. The van der Waals surface area contributed by atoms with Crippen LogP contribution in [0.3, 0.4) is 0 Å². The Morgan fingerprint density at radius 3 is 2.63 bits per heavy atom. The second-order valence-corrected chi connectivity index (χ2v) is 6.96. The van der Waals surface area contributed by atoms with E-state index in [4.69, 9.17) is 9.47 Å². The van der Waals surface area contributed by atoms with E-state index in [0.29, 0.717) is 11.4 Å². The number of nitrogens with one attached hydrogen (secondary N) is 2. The summed E-state index contributed by atoms with van der Waals surface area (Å²) in [7, 11) is 0. The largest absolute Gasteiger partial charge is 0.491 e. The van der Waals surface area contributed by atoms with E-state index in [0.717, 1.165) is 0 Å². The first kappa shape index (κ1) is 20.2. The van der Waals surface area contributed by atoms with Crippen LogP contribution in [-0.4, -0.2) is 49.1 Å². The lowest BCUT2D eigenvalue weighted by Gasteiger charge is -2.21. The van der Waals surface area contributed by atoms with Crippen LogP contribution in [0, 0.1) is 0 Å². The van der Waals surface area contributed by atoms with Crippen molar-refractivity contribution in [1.82, 2.24) is 10.6 Å². The molecule has 0 saturated carbocycles. The van der Waals surface area contributed by atoms with Gasteiger partial charge in [-0.25, -0.2) is 4.79 Å². The third-order valence-corrected chi connectivity index (χ3v) is 3.42. The van der Waals surface area contributed by atoms with Crippen molar-refractivity contribution < 1.29 is 28.7 Å². The van der Waals surface area contributed by atoms with E-state index >= 15 is 0 Å². The van der Waals surface area contributed by atoms with Gasteiger partial charge >= 0.3 is 12.0 Å².